The first-order valence-corrected chi connectivity index (χ1v) is 8.03. The second kappa shape index (κ2) is 5.50. The zero-order valence-electron chi connectivity index (χ0n) is 10.1. The molecule has 0 saturated heterocycles. The topological polar surface area (TPSA) is 57.6 Å². The lowest BCUT2D eigenvalue weighted by atomic mass is 10.3. The fourth-order valence-corrected chi connectivity index (χ4v) is 4.03. The predicted octanol–water partition coefficient (Wildman–Crippen LogP) is 2.93. The van der Waals surface area contributed by atoms with Crippen LogP contribution in [0.3, 0.4) is 0 Å². The van der Waals surface area contributed by atoms with E-state index in [0.29, 0.717) is 4.34 Å². The van der Waals surface area contributed by atoms with Crippen molar-refractivity contribution in [3.63, 3.8) is 0 Å². The van der Waals surface area contributed by atoms with E-state index >= 15 is 0 Å². The summed E-state index contributed by atoms with van der Waals surface area (Å²) in [4.78, 5) is 0.742. The molecule has 0 amide bonds. The lowest BCUT2D eigenvalue weighted by Gasteiger charge is -2.16. The molecule has 7 heteroatoms. The number of sulfonamides is 1. The summed E-state index contributed by atoms with van der Waals surface area (Å²) in [5.41, 5.74) is 0. The second-order valence-electron chi connectivity index (χ2n) is 3.93. The molecule has 0 fully saturated rings. The highest BCUT2D eigenvalue weighted by atomic mass is 35.5. The molecule has 1 aromatic carbocycles. The summed E-state index contributed by atoms with van der Waals surface area (Å²) >= 11 is 7.14. The minimum absolute atomic E-state index is 0.0971. The summed E-state index contributed by atoms with van der Waals surface area (Å²) in [7, 11) is -2.24. The molecule has 2 aromatic rings. The van der Waals surface area contributed by atoms with Gasteiger partial charge in [-0.25, -0.2) is 8.42 Å². The lowest BCUT2D eigenvalue weighted by molar-refractivity contribution is 0.441. The molecule has 2 rings (SSSR count). The summed E-state index contributed by atoms with van der Waals surface area (Å²) in [5, 5.41) is 9.64. The Morgan fingerprint density at radius 1 is 1.26 bits per heavy atom. The van der Waals surface area contributed by atoms with Gasteiger partial charge in [-0.15, -0.1) is 11.3 Å². The van der Waals surface area contributed by atoms with Crippen LogP contribution in [-0.2, 0) is 16.6 Å². The van der Waals surface area contributed by atoms with E-state index in [4.69, 9.17) is 11.6 Å². The van der Waals surface area contributed by atoms with Crippen molar-refractivity contribution in [2.75, 3.05) is 7.05 Å². The van der Waals surface area contributed by atoms with Gasteiger partial charge in [0.25, 0.3) is 0 Å². The maximum Gasteiger partial charge on any atom is 0.246 e. The third kappa shape index (κ3) is 3.09. The standard InChI is InChI=1S/C12H12ClNO3S2/c1-14(8-9-6-7-12(13)18-9)19(16,17)11-5-3-2-4-10(11)15/h2-7,15H,8H2,1H3. The van der Waals surface area contributed by atoms with Crippen LogP contribution in [0.2, 0.25) is 4.34 Å². The van der Waals surface area contributed by atoms with E-state index in [1.54, 1.807) is 24.3 Å². The number of nitrogens with zero attached hydrogens (tertiary/aromatic N) is 1. The zero-order valence-corrected chi connectivity index (χ0v) is 12.5. The predicted molar refractivity (Wildman–Crippen MR) is 76.1 cm³/mol. The second-order valence-corrected chi connectivity index (χ2v) is 7.75. The highest BCUT2D eigenvalue weighted by molar-refractivity contribution is 7.89. The molecule has 0 atom stereocenters. The van der Waals surface area contributed by atoms with Crippen LogP contribution in [0.5, 0.6) is 5.75 Å². The highest BCUT2D eigenvalue weighted by Crippen LogP contribution is 2.27. The van der Waals surface area contributed by atoms with Gasteiger partial charge in [-0.05, 0) is 24.3 Å². The van der Waals surface area contributed by atoms with E-state index in [2.05, 4.69) is 0 Å². The maximum atomic E-state index is 12.3. The Morgan fingerprint density at radius 3 is 2.53 bits per heavy atom. The van der Waals surface area contributed by atoms with Crippen LogP contribution in [0.25, 0.3) is 0 Å². The number of hydrogen-bond acceptors (Lipinski definition) is 4. The van der Waals surface area contributed by atoms with Crippen molar-refractivity contribution >= 4 is 33.0 Å². The number of para-hydroxylation sites is 1. The maximum absolute atomic E-state index is 12.3. The van der Waals surface area contributed by atoms with Crippen molar-refractivity contribution in [3.8, 4) is 5.75 Å². The van der Waals surface area contributed by atoms with E-state index in [1.165, 1.54) is 34.8 Å². The van der Waals surface area contributed by atoms with Gasteiger partial charge in [0.2, 0.25) is 10.0 Å². The van der Waals surface area contributed by atoms with Gasteiger partial charge in [0.15, 0.2) is 0 Å². The number of benzene rings is 1. The van der Waals surface area contributed by atoms with Crippen LogP contribution in [0.4, 0.5) is 0 Å². The Kier molecular flexibility index (Phi) is 4.15. The van der Waals surface area contributed by atoms with E-state index in [0.717, 1.165) is 4.88 Å². The number of halogens is 1. The summed E-state index contributed by atoms with van der Waals surface area (Å²) < 4.78 is 26.4. The lowest BCUT2D eigenvalue weighted by Crippen LogP contribution is -2.26. The highest BCUT2D eigenvalue weighted by Gasteiger charge is 2.24. The zero-order chi connectivity index (χ0) is 14.0. The minimum Gasteiger partial charge on any atom is -0.507 e. The molecular formula is C12H12ClNO3S2. The SMILES string of the molecule is CN(Cc1ccc(Cl)s1)S(=O)(=O)c1ccccc1O. The summed E-state index contributed by atoms with van der Waals surface area (Å²) in [5.74, 6) is -0.251. The fraction of sp³-hybridized carbons (Fsp3) is 0.167. The van der Waals surface area contributed by atoms with Gasteiger partial charge in [-0.2, -0.15) is 4.31 Å². The quantitative estimate of drug-likeness (QED) is 0.943. The average Bonchev–Trinajstić information content (AvgIpc) is 2.75. The van der Waals surface area contributed by atoms with Crippen molar-refractivity contribution in [1.82, 2.24) is 4.31 Å². The number of rotatable bonds is 4. The summed E-state index contributed by atoms with van der Waals surface area (Å²) in [6, 6.07) is 9.38. The van der Waals surface area contributed by atoms with Gasteiger partial charge in [0.05, 0.1) is 4.34 Å². The van der Waals surface area contributed by atoms with Gasteiger partial charge in [0, 0.05) is 18.5 Å². The molecular weight excluding hydrogens is 306 g/mol. The van der Waals surface area contributed by atoms with Crippen molar-refractivity contribution in [2.24, 2.45) is 0 Å². The molecule has 0 unspecified atom stereocenters. The van der Waals surface area contributed by atoms with Gasteiger partial charge in [-0.1, -0.05) is 23.7 Å². The molecule has 0 saturated carbocycles. The minimum atomic E-state index is -3.71. The first kappa shape index (κ1) is 14.3. The largest absolute Gasteiger partial charge is 0.507 e. The van der Waals surface area contributed by atoms with Gasteiger partial charge < -0.3 is 5.11 Å². The molecule has 1 heterocycles. The number of thiophene rings is 1. The van der Waals surface area contributed by atoms with Crippen molar-refractivity contribution in [3.05, 3.63) is 45.6 Å². The van der Waals surface area contributed by atoms with Crippen LogP contribution in [0.15, 0.2) is 41.3 Å². The van der Waals surface area contributed by atoms with Gasteiger partial charge in [0.1, 0.15) is 10.6 Å². The summed E-state index contributed by atoms with van der Waals surface area (Å²) in [6.45, 7) is 0.216. The van der Waals surface area contributed by atoms with Crippen LogP contribution < -0.4 is 0 Å². The van der Waals surface area contributed by atoms with Crippen molar-refractivity contribution < 1.29 is 13.5 Å². The number of aromatic hydroxyl groups is 1. The molecule has 102 valence electrons. The Morgan fingerprint density at radius 2 is 1.95 bits per heavy atom. The number of phenolic OH excluding ortho intramolecular Hbond substituents is 1. The fourth-order valence-electron chi connectivity index (χ4n) is 1.58. The average molecular weight is 318 g/mol. The Hall–Kier alpha value is -1.08. The van der Waals surface area contributed by atoms with Crippen LogP contribution in [-0.4, -0.2) is 24.9 Å². The van der Waals surface area contributed by atoms with E-state index in [1.807, 2.05) is 0 Å². The molecule has 0 radical (unpaired) electrons. The van der Waals surface area contributed by atoms with E-state index < -0.39 is 10.0 Å². The van der Waals surface area contributed by atoms with Crippen molar-refractivity contribution in [1.29, 1.82) is 0 Å². The molecule has 0 aliphatic carbocycles. The van der Waals surface area contributed by atoms with Crippen LogP contribution in [0.1, 0.15) is 4.88 Å². The monoisotopic (exact) mass is 317 g/mol. The molecule has 0 aliphatic heterocycles. The Bertz CT molecular complexity index is 682. The summed E-state index contributed by atoms with van der Waals surface area (Å²) in [6.07, 6.45) is 0. The molecule has 0 bridgehead atoms. The van der Waals surface area contributed by atoms with Crippen LogP contribution in [0, 0.1) is 0 Å². The normalized spacial score (nSPS) is 11.9. The number of hydrogen-bond donors (Lipinski definition) is 1. The Labute approximate surface area is 120 Å². The molecule has 4 nitrogen and oxygen atoms in total. The molecule has 1 aromatic heterocycles. The van der Waals surface area contributed by atoms with Gasteiger partial charge >= 0.3 is 0 Å². The van der Waals surface area contributed by atoms with E-state index in [-0.39, 0.29) is 17.2 Å². The first-order chi connectivity index (χ1) is 8.91. The van der Waals surface area contributed by atoms with Crippen LogP contribution >= 0.6 is 22.9 Å². The smallest absolute Gasteiger partial charge is 0.246 e. The van der Waals surface area contributed by atoms with Gasteiger partial charge in [-0.3, -0.25) is 0 Å². The number of phenols is 1. The third-order valence-electron chi connectivity index (χ3n) is 2.56. The molecule has 0 aliphatic rings. The molecule has 0 spiro atoms. The first-order valence-electron chi connectivity index (χ1n) is 5.40. The molecule has 19 heavy (non-hydrogen) atoms. The van der Waals surface area contributed by atoms with E-state index in [9.17, 15) is 13.5 Å². The molecule has 1 N–H and O–H groups in total. The Balaban J connectivity index is 2.27. The third-order valence-corrected chi connectivity index (χ3v) is 5.63. The van der Waals surface area contributed by atoms with Crippen molar-refractivity contribution in [2.45, 2.75) is 11.4 Å².